The van der Waals surface area contributed by atoms with Crippen molar-refractivity contribution in [3.8, 4) is 0 Å². The van der Waals surface area contributed by atoms with Crippen LogP contribution in [0.5, 0.6) is 0 Å². The van der Waals surface area contributed by atoms with Gasteiger partial charge in [-0.3, -0.25) is 19.3 Å². The fourth-order valence-electron chi connectivity index (χ4n) is 2.33. The van der Waals surface area contributed by atoms with E-state index in [4.69, 9.17) is 5.73 Å². The molecule has 1 fully saturated rings. The zero-order valence-corrected chi connectivity index (χ0v) is 12.0. The average Bonchev–Trinajstić information content (AvgIpc) is 2.48. The number of nitrogens with two attached hydrogens (primary N) is 1. The number of amides is 3. The van der Waals surface area contributed by atoms with Crippen molar-refractivity contribution in [3.63, 3.8) is 0 Å². The minimum absolute atomic E-state index is 0.213. The molecule has 1 unspecified atom stereocenters. The lowest BCUT2D eigenvalue weighted by Gasteiger charge is -2.28. The van der Waals surface area contributed by atoms with Crippen molar-refractivity contribution < 1.29 is 14.4 Å². The molecule has 1 heterocycles. The highest BCUT2D eigenvalue weighted by Crippen LogP contribution is 2.13. The molecule has 1 aromatic carbocycles. The second kappa shape index (κ2) is 6.49. The number of likely N-dealkylation sites (N-methyl/N-ethyl adjacent to an activating group) is 1. The molecule has 1 saturated heterocycles. The summed E-state index contributed by atoms with van der Waals surface area (Å²) >= 11 is 0. The third kappa shape index (κ3) is 3.46. The fourth-order valence-corrected chi connectivity index (χ4v) is 2.33. The number of carbonyl (C=O) groups excluding carboxylic acids is 3. The van der Waals surface area contributed by atoms with Gasteiger partial charge < -0.3 is 11.1 Å². The summed E-state index contributed by atoms with van der Waals surface area (Å²) in [4.78, 5) is 36.6. The molecule has 0 radical (unpaired) electrons. The Morgan fingerprint density at radius 1 is 1.43 bits per heavy atom. The van der Waals surface area contributed by atoms with Gasteiger partial charge >= 0.3 is 0 Å². The topological polar surface area (TPSA) is 92.5 Å². The Balaban J connectivity index is 2.06. The average molecular weight is 289 g/mol. The zero-order valence-electron chi connectivity index (χ0n) is 12.0. The molecule has 2 rings (SSSR count). The largest absolute Gasteiger partial charge is 0.340 e. The Labute approximate surface area is 123 Å². The minimum Gasteiger partial charge on any atom is -0.340 e. The third-order valence-electron chi connectivity index (χ3n) is 3.58. The summed E-state index contributed by atoms with van der Waals surface area (Å²) in [6.07, 6.45) is 1.30. The van der Waals surface area contributed by atoms with Crippen molar-refractivity contribution in [2.75, 3.05) is 13.6 Å². The Hall–Kier alpha value is -2.21. The smallest absolute Gasteiger partial charge is 0.251 e. The summed E-state index contributed by atoms with van der Waals surface area (Å²) in [6.45, 7) is 0.513. The van der Waals surface area contributed by atoms with Gasteiger partial charge in [0.1, 0.15) is 6.04 Å². The summed E-state index contributed by atoms with van der Waals surface area (Å²) in [6, 6.07) is 6.51. The predicted octanol–water partition coefficient (Wildman–Crippen LogP) is 0.0650. The number of imide groups is 1. The van der Waals surface area contributed by atoms with Crippen LogP contribution in [0.1, 0.15) is 28.8 Å². The van der Waals surface area contributed by atoms with Gasteiger partial charge in [-0.25, -0.2) is 0 Å². The van der Waals surface area contributed by atoms with E-state index in [1.165, 1.54) is 7.05 Å². The first-order chi connectivity index (χ1) is 10.0. The van der Waals surface area contributed by atoms with Gasteiger partial charge in [0.25, 0.3) is 11.8 Å². The molecule has 0 aliphatic carbocycles. The van der Waals surface area contributed by atoms with E-state index in [-0.39, 0.29) is 24.1 Å². The number of nitrogens with one attached hydrogen (secondary N) is 1. The van der Waals surface area contributed by atoms with Crippen molar-refractivity contribution in [2.45, 2.75) is 25.3 Å². The third-order valence-corrected chi connectivity index (χ3v) is 3.58. The molecule has 3 N–H and O–H groups in total. The summed E-state index contributed by atoms with van der Waals surface area (Å²) in [5.41, 5.74) is 6.97. The molecule has 3 amide bonds. The second-order valence-corrected chi connectivity index (χ2v) is 5.09. The van der Waals surface area contributed by atoms with Crippen molar-refractivity contribution in [2.24, 2.45) is 5.73 Å². The normalized spacial score (nSPS) is 18.8. The zero-order chi connectivity index (χ0) is 15.4. The maximum atomic E-state index is 12.2. The fraction of sp³-hybridized carbons (Fsp3) is 0.400. The number of hydrogen-bond acceptors (Lipinski definition) is 4. The number of benzene rings is 1. The maximum absolute atomic E-state index is 12.2. The lowest BCUT2D eigenvalue weighted by atomic mass is 10.0. The van der Waals surface area contributed by atoms with E-state index in [9.17, 15) is 14.4 Å². The lowest BCUT2D eigenvalue weighted by molar-refractivity contribution is -0.147. The Kier molecular flexibility index (Phi) is 4.70. The minimum atomic E-state index is -0.640. The van der Waals surface area contributed by atoms with Gasteiger partial charge in [-0.15, -0.1) is 0 Å². The van der Waals surface area contributed by atoms with Crippen molar-refractivity contribution in [1.82, 2.24) is 10.2 Å². The monoisotopic (exact) mass is 289 g/mol. The first-order valence-corrected chi connectivity index (χ1v) is 6.93. The van der Waals surface area contributed by atoms with E-state index in [1.54, 1.807) is 18.2 Å². The van der Waals surface area contributed by atoms with Crippen LogP contribution < -0.4 is 11.1 Å². The van der Waals surface area contributed by atoms with Crippen LogP contribution in [-0.4, -0.2) is 42.3 Å². The number of rotatable bonds is 4. The molecular weight excluding hydrogens is 270 g/mol. The SMILES string of the molecule is CN1C(=O)CCC(NC(=O)c2cccc(CCN)c2)C1=O. The highest BCUT2D eigenvalue weighted by atomic mass is 16.2. The van der Waals surface area contributed by atoms with E-state index in [0.717, 1.165) is 10.5 Å². The van der Waals surface area contributed by atoms with Crippen LogP contribution in [0, 0.1) is 0 Å². The highest BCUT2D eigenvalue weighted by Gasteiger charge is 2.32. The van der Waals surface area contributed by atoms with Gasteiger partial charge in [-0.1, -0.05) is 12.1 Å². The van der Waals surface area contributed by atoms with E-state index in [0.29, 0.717) is 24.9 Å². The molecule has 112 valence electrons. The molecule has 1 aliphatic heterocycles. The first-order valence-electron chi connectivity index (χ1n) is 6.93. The molecule has 0 saturated carbocycles. The highest BCUT2D eigenvalue weighted by molar-refractivity contribution is 6.03. The molecule has 21 heavy (non-hydrogen) atoms. The Morgan fingerprint density at radius 3 is 2.90 bits per heavy atom. The maximum Gasteiger partial charge on any atom is 0.251 e. The summed E-state index contributed by atoms with van der Waals surface area (Å²) in [5.74, 6) is -0.886. The van der Waals surface area contributed by atoms with E-state index < -0.39 is 6.04 Å². The van der Waals surface area contributed by atoms with Crippen LogP contribution in [0.3, 0.4) is 0 Å². The number of likely N-dealkylation sites (tertiary alicyclic amines) is 1. The van der Waals surface area contributed by atoms with Crippen LogP contribution in [-0.2, 0) is 16.0 Å². The quantitative estimate of drug-likeness (QED) is 0.767. The Bertz CT molecular complexity index is 571. The van der Waals surface area contributed by atoms with Crippen molar-refractivity contribution in [3.05, 3.63) is 35.4 Å². The van der Waals surface area contributed by atoms with Gasteiger partial charge in [0.2, 0.25) is 5.91 Å². The van der Waals surface area contributed by atoms with Crippen LogP contribution in [0.15, 0.2) is 24.3 Å². The second-order valence-electron chi connectivity index (χ2n) is 5.09. The van der Waals surface area contributed by atoms with Gasteiger partial charge in [0.15, 0.2) is 0 Å². The van der Waals surface area contributed by atoms with Gasteiger partial charge in [-0.2, -0.15) is 0 Å². The molecule has 6 nitrogen and oxygen atoms in total. The molecule has 0 aromatic heterocycles. The van der Waals surface area contributed by atoms with Gasteiger partial charge in [-0.05, 0) is 37.1 Å². The van der Waals surface area contributed by atoms with E-state index >= 15 is 0 Å². The van der Waals surface area contributed by atoms with Crippen LogP contribution in [0.4, 0.5) is 0 Å². The number of hydrogen-bond donors (Lipinski definition) is 2. The van der Waals surface area contributed by atoms with Gasteiger partial charge in [0, 0.05) is 19.0 Å². The Morgan fingerprint density at radius 2 is 2.19 bits per heavy atom. The van der Waals surface area contributed by atoms with Crippen LogP contribution >= 0.6 is 0 Å². The van der Waals surface area contributed by atoms with Crippen LogP contribution in [0.25, 0.3) is 0 Å². The number of carbonyl (C=O) groups is 3. The molecule has 6 heteroatoms. The predicted molar refractivity (Wildman–Crippen MR) is 77.5 cm³/mol. The standard InChI is InChI=1S/C15H19N3O3/c1-18-13(19)6-5-12(15(18)21)17-14(20)11-4-2-3-10(9-11)7-8-16/h2-4,9,12H,5-8,16H2,1H3,(H,17,20). The summed E-state index contributed by atoms with van der Waals surface area (Å²) in [7, 11) is 1.44. The molecular formula is C15H19N3O3. The van der Waals surface area contributed by atoms with E-state index in [1.807, 2.05) is 6.07 Å². The molecule has 1 aliphatic rings. The molecule has 0 bridgehead atoms. The molecule has 0 spiro atoms. The van der Waals surface area contributed by atoms with Crippen molar-refractivity contribution >= 4 is 17.7 Å². The molecule has 1 aromatic rings. The van der Waals surface area contributed by atoms with E-state index in [2.05, 4.69) is 5.32 Å². The number of piperidine rings is 1. The first kappa shape index (κ1) is 15.2. The molecule has 1 atom stereocenters. The summed E-state index contributed by atoms with van der Waals surface area (Å²) < 4.78 is 0. The van der Waals surface area contributed by atoms with Gasteiger partial charge in [0.05, 0.1) is 0 Å². The lowest BCUT2D eigenvalue weighted by Crippen LogP contribution is -2.52. The summed E-state index contributed by atoms with van der Waals surface area (Å²) in [5, 5.41) is 2.69. The van der Waals surface area contributed by atoms with Crippen LogP contribution in [0.2, 0.25) is 0 Å². The number of nitrogens with zero attached hydrogens (tertiary/aromatic N) is 1. The van der Waals surface area contributed by atoms with Crippen molar-refractivity contribution in [1.29, 1.82) is 0 Å².